The Balaban J connectivity index is 1.16. The van der Waals surface area contributed by atoms with Crippen LogP contribution in [-0.4, -0.2) is 52.1 Å². The number of pyridine rings is 1. The fourth-order valence-electron chi connectivity index (χ4n) is 5.01. The van der Waals surface area contributed by atoms with Gasteiger partial charge in [0.2, 0.25) is 0 Å². The van der Waals surface area contributed by atoms with Crippen molar-refractivity contribution >= 4 is 22.4 Å². The van der Waals surface area contributed by atoms with Gasteiger partial charge in [-0.2, -0.15) is 0 Å². The van der Waals surface area contributed by atoms with Gasteiger partial charge in [0.25, 0.3) is 5.91 Å². The summed E-state index contributed by atoms with van der Waals surface area (Å²) in [6.45, 7) is 10.6. The molecule has 0 saturated carbocycles. The summed E-state index contributed by atoms with van der Waals surface area (Å²) < 4.78 is 11.7. The highest BCUT2D eigenvalue weighted by atomic mass is 16.5. The average Bonchev–Trinajstić information content (AvgIpc) is 3.46. The van der Waals surface area contributed by atoms with Crippen LogP contribution in [-0.2, 0) is 16.7 Å². The standard InChI is InChI=1S/C34H35N5O3/c1-34(2,3)26-5-4-6-27(19-26)38-33(40)24-8-7-23-9-10-29(18-25(23)17-24)42-30-11-12-35-31(20-30)32-36-21-28(37-32)22-39-13-15-41-16-14-39/h4-12,17-21H,13-16,22H2,1-3H3,(H,36,37)(H,38,40). The molecule has 214 valence electrons. The monoisotopic (exact) mass is 561 g/mol. The van der Waals surface area contributed by atoms with Gasteiger partial charge >= 0.3 is 0 Å². The van der Waals surface area contributed by atoms with Gasteiger partial charge in [0.05, 0.1) is 19.4 Å². The zero-order chi connectivity index (χ0) is 29.1. The Kier molecular flexibility index (Phi) is 7.73. The number of benzene rings is 3. The van der Waals surface area contributed by atoms with Crippen LogP contribution in [0.15, 0.2) is 85.2 Å². The molecule has 0 atom stereocenters. The van der Waals surface area contributed by atoms with E-state index in [1.807, 2.05) is 72.9 Å². The van der Waals surface area contributed by atoms with Gasteiger partial charge in [-0.05, 0) is 64.2 Å². The van der Waals surface area contributed by atoms with Crippen LogP contribution in [0.4, 0.5) is 5.69 Å². The van der Waals surface area contributed by atoms with Crippen LogP contribution in [0.3, 0.4) is 0 Å². The Morgan fingerprint density at radius 3 is 2.60 bits per heavy atom. The predicted molar refractivity (Wildman–Crippen MR) is 165 cm³/mol. The fraction of sp³-hybridized carbons (Fsp3) is 0.265. The lowest BCUT2D eigenvalue weighted by Crippen LogP contribution is -2.35. The lowest BCUT2D eigenvalue weighted by molar-refractivity contribution is 0.0337. The van der Waals surface area contributed by atoms with Gasteiger partial charge in [0.1, 0.15) is 17.2 Å². The molecule has 1 fully saturated rings. The van der Waals surface area contributed by atoms with Crippen molar-refractivity contribution in [1.82, 2.24) is 19.9 Å². The molecule has 0 unspecified atom stereocenters. The number of fused-ring (bicyclic) bond motifs is 1. The zero-order valence-corrected chi connectivity index (χ0v) is 24.2. The highest BCUT2D eigenvalue weighted by Crippen LogP contribution is 2.29. The van der Waals surface area contributed by atoms with Gasteiger partial charge in [0.15, 0.2) is 5.82 Å². The Labute approximate surface area is 245 Å². The number of hydrogen-bond donors (Lipinski definition) is 2. The number of anilines is 1. The Morgan fingerprint density at radius 2 is 1.76 bits per heavy atom. The second kappa shape index (κ2) is 11.8. The van der Waals surface area contributed by atoms with Crippen molar-refractivity contribution in [1.29, 1.82) is 0 Å². The van der Waals surface area contributed by atoms with E-state index in [0.29, 0.717) is 28.6 Å². The lowest BCUT2D eigenvalue weighted by atomic mass is 9.87. The van der Waals surface area contributed by atoms with Crippen LogP contribution >= 0.6 is 0 Å². The smallest absolute Gasteiger partial charge is 0.255 e. The predicted octanol–water partition coefficient (Wildman–Crippen LogP) is 6.80. The molecular formula is C34H35N5O3. The van der Waals surface area contributed by atoms with Crippen molar-refractivity contribution in [3.8, 4) is 23.0 Å². The van der Waals surface area contributed by atoms with Gasteiger partial charge in [-0.1, -0.05) is 45.0 Å². The van der Waals surface area contributed by atoms with Crippen molar-refractivity contribution < 1.29 is 14.3 Å². The zero-order valence-electron chi connectivity index (χ0n) is 24.2. The first-order valence-corrected chi connectivity index (χ1v) is 14.2. The summed E-state index contributed by atoms with van der Waals surface area (Å²) in [4.78, 5) is 27.9. The molecule has 8 nitrogen and oxygen atoms in total. The van der Waals surface area contributed by atoms with E-state index in [-0.39, 0.29) is 11.3 Å². The number of H-pyrrole nitrogens is 1. The molecule has 0 radical (unpaired) electrons. The summed E-state index contributed by atoms with van der Waals surface area (Å²) in [6.07, 6.45) is 3.57. The first-order valence-electron chi connectivity index (χ1n) is 14.2. The molecule has 2 N–H and O–H groups in total. The third-order valence-corrected chi connectivity index (χ3v) is 7.40. The third-order valence-electron chi connectivity index (χ3n) is 7.40. The molecule has 3 aromatic carbocycles. The summed E-state index contributed by atoms with van der Waals surface area (Å²) in [6, 6.07) is 23.2. The molecule has 0 aliphatic carbocycles. The van der Waals surface area contributed by atoms with Gasteiger partial charge in [0, 0.05) is 48.8 Å². The van der Waals surface area contributed by atoms with E-state index in [2.05, 4.69) is 52.0 Å². The molecule has 42 heavy (non-hydrogen) atoms. The molecule has 2 aromatic heterocycles. The maximum atomic E-state index is 13.1. The quantitative estimate of drug-likeness (QED) is 0.227. The number of aromatic amines is 1. The SMILES string of the molecule is CC(C)(C)c1cccc(NC(=O)c2ccc3ccc(Oc4ccnc(-c5ncc(CN6CCOCC6)[nH]5)c4)cc3c2)c1. The molecule has 3 heterocycles. The topological polar surface area (TPSA) is 92.4 Å². The van der Waals surface area contributed by atoms with Crippen molar-refractivity contribution in [2.45, 2.75) is 32.7 Å². The number of imidazole rings is 1. The van der Waals surface area contributed by atoms with Crippen LogP contribution in [0.25, 0.3) is 22.3 Å². The van der Waals surface area contributed by atoms with Gasteiger partial charge in [-0.25, -0.2) is 4.98 Å². The molecule has 1 amide bonds. The molecule has 0 spiro atoms. The summed E-state index contributed by atoms with van der Waals surface area (Å²) in [7, 11) is 0. The van der Waals surface area contributed by atoms with E-state index in [4.69, 9.17) is 9.47 Å². The van der Waals surface area contributed by atoms with E-state index < -0.39 is 0 Å². The number of carbonyl (C=O) groups excluding carboxylic acids is 1. The minimum atomic E-state index is -0.153. The molecular weight excluding hydrogens is 526 g/mol. The first kappa shape index (κ1) is 27.6. The minimum absolute atomic E-state index is 0.000393. The number of hydrogen-bond acceptors (Lipinski definition) is 6. The molecule has 0 bridgehead atoms. The summed E-state index contributed by atoms with van der Waals surface area (Å²) in [5.74, 6) is 1.87. The van der Waals surface area contributed by atoms with Crippen molar-refractivity contribution in [3.05, 3.63) is 102 Å². The molecule has 1 aliphatic rings. The highest BCUT2D eigenvalue weighted by Gasteiger charge is 2.16. The van der Waals surface area contributed by atoms with Crippen LogP contribution in [0.5, 0.6) is 11.5 Å². The van der Waals surface area contributed by atoms with Crippen molar-refractivity contribution in [2.24, 2.45) is 0 Å². The molecule has 8 heteroatoms. The maximum absolute atomic E-state index is 13.1. The molecule has 1 saturated heterocycles. The number of nitrogens with zero attached hydrogens (tertiary/aromatic N) is 3. The van der Waals surface area contributed by atoms with Crippen LogP contribution in [0.2, 0.25) is 0 Å². The Hall–Kier alpha value is -4.53. The van der Waals surface area contributed by atoms with Crippen molar-refractivity contribution in [3.63, 3.8) is 0 Å². The Morgan fingerprint density at radius 1 is 0.952 bits per heavy atom. The van der Waals surface area contributed by atoms with Crippen LogP contribution in [0, 0.1) is 0 Å². The highest BCUT2D eigenvalue weighted by molar-refractivity contribution is 6.06. The molecule has 1 aliphatic heterocycles. The van der Waals surface area contributed by atoms with E-state index in [1.165, 1.54) is 5.56 Å². The molecule has 5 aromatic rings. The second-order valence-corrected chi connectivity index (χ2v) is 11.6. The largest absolute Gasteiger partial charge is 0.457 e. The van der Waals surface area contributed by atoms with E-state index in [9.17, 15) is 4.79 Å². The van der Waals surface area contributed by atoms with Gasteiger partial charge in [-0.15, -0.1) is 0 Å². The second-order valence-electron chi connectivity index (χ2n) is 11.6. The normalized spacial score (nSPS) is 14.2. The van der Waals surface area contributed by atoms with Gasteiger partial charge < -0.3 is 19.8 Å². The number of nitrogens with one attached hydrogen (secondary N) is 2. The summed E-state index contributed by atoms with van der Waals surface area (Å²) in [5, 5.41) is 4.98. The van der Waals surface area contributed by atoms with Crippen LogP contribution in [0.1, 0.15) is 42.4 Å². The number of ether oxygens (including phenoxy) is 2. The van der Waals surface area contributed by atoms with Crippen LogP contribution < -0.4 is 10.1 Å². The lowest BCUT2D eigenvalue weighted by Gasteiger charge is -2.25. The Bertz CT molecular complexity index is 1720. The number of amides is 1. The fourth-order valence-corrected chi connectivity index (χ4v) is 5.01. The maximum Gasteiger partial charge on any atom is 0.255 e. The summed E-state index contributed by atoms with van der Waals surface area (Å²) >= 11 is 0. The van der Waals surface area contributed by atoms with E-state index in [0.717, 1.165) is 55.0 Å². The number of morpholine rings is 1. The third kappa shape index (κ3) is 6.51. The number of aromatic nitrogens is 3. The molecule has 6 rings (SSSR count). The first-order chi connectivity index (χ1) is 20.3. The number of carbonyl (C=O) groups is 1. The number of rotatable bonds is 7. The van der Waals surface area contributed by atoms with E-state index in [1.54, 1.807) is 6.20 Å². The van der Waals surface area contributed by atoms with Gasteiger partial charge in [-0.3, -0.25) is 14.7 Å². The van der Waals surface area contributed by atoms with E-state index >= 15 is 0 Å². The van der Waals surface area contributed by atoms with Crippen molar-refractivity contribution in [2.75, 3.05) is 31.6 Å². The minimum Gasteiger partial charge on any atom is -0.457 e. The average molecular weight is 562 g/mol. The summed E-state index contributed by atoms with van der Waals surface area (Å²) in [5.41, 5.74) is 4.27.